The summed E-state index contributed by atoms with van der Waals surface area (Å²) in [5.41, 5.74) is 0. The number of aliphatic hydroxyl groups is 5. The van der Waals surface area contributed by atoms with Crippen molar-refractivity contribution >= 4 is 21.7 Å². The quantitative estimate of drug-likeness (QED) is 0.356. The van der Waals surface area contributed by atoms with Gasteiger partial charge in [-0.25, -0.2) is 0 Å². The number of carbonyl (C=O) groups is 1. The second-order valence-corrected chi connectivity index (χ2v) is 4.86. The predicted molar refractivity (Wildman–Crippen MR) is 53.5 cm³/mol. The minimum Gasteiger partial charge on any atom is -0.394 e. The minimum absolute atomic E-state index is 0.725. The Kier molecular flexibility index (Phi) is 3.75. The van der Waals surface area contributed by atoms with Crippen LogP contribution in [0.2, 0.25) is 0 Å². The van der Waals surface area contributed by atoms with E-state index in [1.807, 2.05) is 0 Å². The third-order valence-corrected chi connectivity index (χ3v) is 3.56. The Balaban J connectivity index is 3.15. The van der Waals surface area contributed by atoms with Crippen molar-refractivity contribution in [3.05, 3.63) is 0 Å². The molecule has 0 aromatic heterocycles. The topological polar surface area (TPSA) is 127 Å². The van der Waals surface area contributed by atoms with Gasteiger partial charge in [0, 0.05) is 6.92 Å². The molecule has 0 aromatic carbocycles. The molecule has 1 rings (SSSR count). The zero-order valence-electron chi connectivity index (χ0n) is 8.37. The highest BCUT2D eigenvalue weighted by Gasteiger charge is 2.64. The zero-order valence-corrected chi connectivity index (χ0v) is 9.96. The summed E-state index contributed by atoms with van der Waals surface area (Å²) in [7, 11) is 0. The van der Waals surface area contributed by atoms with Crippen LogP contribution in [0, 0.1) is 0 Å². The van der Waals surface area contributed by atoms with Gasteiger partial charge in [-0.2, -0.15) is 0 Å². The number of aliphatic hydroxyl groups excluding tert-OH is 3. The monoisotopic (exact) mass is 300 g/mol. The Labute approximate surface area is 99.4 Å². The first-order chi connectivity index (χ1) is 7.18. The summed E-state index contributed by atoms with van der Waals surface area (Å²) in [6.45, 7) is 0.210. The number of carbonyl (C=O) groups excluding carboxylic acids is 1. The van der Waals surface area contributed by atoms with E-state index in [4.69, 9.17) is 9.84 Å². The Bertz CT molecular complexity index is 294. The highest BCUT2D eigenvalue weighted by molar-refractivity contribution is 9.10. The van der Waals surface area contributed by atoms with Gasteiger partial charge in [-0.3, -0.25) is 4.79 Å². The van der Waals surface area contributed by atoms with Gasteiger partial charge in [0.2, 0.25) is 4.51 Å². The van der Waals surface area contributed by atoms with E-state index in [9.17, 15) is 25.2 Å². The highest BCUT2D eigenvalue weighted by atomic mass is 79.9. The molecule has 1 saturated heterocycles. The molecule has 5 atom stereocenters. The summed E-state index contributed by atoms with van der Waals surface area (Å²) in [6, 6.07) is 0. The summed E-state index contributed by atoms with van der Waals surface area (Å²) in [4.78, 5) is 11.2. The van der Waals surface area contributed by atoms with Crippen LogP contribution in [0.15, 0.2) is 0 Å². The number of hydrogen-bond acceptors (Lipinski definition) is 7. The number of rotatable bonds is 2. The van der Waals surface area contributed by atoms with E-state index in [0.717, 1.165) is 6.92 Å². The van der Waals surface area contributed by atoms with Crippen LogP contribution in [0.1, 0.15) is 6.92 Å². The van der Waals surface area contributed by atoms with Crippen molar-refractivity contribution in [2.24, 2.45) is 0 Å². The largest absolute Gasteiger partial charge is 0.394 e. The van der Waals surface area contributed by atoms with Gasteiger partial charge in [-0.15, -0.1) is 0 Å². The van der Waals surface area contributed by atoms with Crippen molar-refractivity contribution < 1.29 is 35.1 Å². The lowest BCUT2D eigenvalue weighted by molar-refractivity contribution is -0.339. The van der Waals surface area contributed by atoms with Crippen molar-refractivity contribution in [2.45, 2.75) is 35.5 Å². The van der Waals surface area contributed by atoms with Gasteiger partial charge < -0.3 is 30.3 Å². The molecule has 94 valence electrons. The Morgan fingerprint density at radius 3 is 2.31 bits per heavy atom. The smallest absolute Gasteiger partial charge is 0.269 e. The number of Topliss-reactive ketones (excluding diaryl/α,β-unsaturated/α-hetero) is 1. The number of ether oxygens (including phenoxy) is 1. The molecule has 0 bridgehead atoms. The molecule has 1 aliphatic heterocycles. The minimum atomic E-state index is -2.74. The molecule has 1 aliphatic rings. The normalized spacial score (nSPS) is 49.1. The molecule has 0 amide bonds. The lowest BCUT2D eigenvalue weighted by Gasteiger charge is -2.48. The van der Waals surface area contributed by atoms with E-state index < -0.39 is 41.0 Å². The second-order valence-electron chi connectivity index (χ2n) is 3.65. The van der Waals surface area contributed by atoms with Gasteiger partial charge in [0.15, 0.2) is 5.78 Å². The summed E-state index contributed by atoms with van der Waals surface area (Å²) < 4.78 is 2.19. The molecule has 1 unspecified atom stereocenters. The molecule has 16 heavy (non-hydrogen) atoms. The average Bonchev–Trinajstić information content (AvgIpc) is 2.21. The molecule has 7 nitrogen and oxygen atoms in total. The molecule has 0 aromatic rings. The summed E-state index contributed by atoms with van der Waals surface area (Å²) in [5, 5.41) is 47.4. The fourth-order valence-electron chi connectivity index (χ4n) is 1.48. The van der Waals surface area contributed by atoms with Crippen LogP contribution in [0.5, 0.6) is 0 Å². The van der Waals surface area contributed by atoms with Crippen LogP contribution in [0.25, 0.3) is 0 Å². The van der Waals surface area contributed by atoms with E-state index in [0.29, 0.717) is 0 Å². The standard InChI is InChI=1S/C8H13BrO7/c1-3(11)8(15)7(9,14)6(13)5(12)4(2-10)16-8/h4-6,10,12-15H,2H2,1H3/t4-,5-,6+,7+,8?/m1/s1. The van der Waals surface area contributed by atoms with Crippen LogP contribution in [-0.4, -0.2) is 66.5 Å². The highest BCUT2D eigenvalue weighted by Crippen LogP contribution is 2.41. The first kappa shape index (κ1) is 14.0. The Hall–Kier alpha value is -0.0900. The SMILES string of the molecule is CC(=O)C1(O)O[C@H](CO)[C@@H](O)[C@H](O)[C@@]1(O)Br. The third kappa shape index (κ3) is 1.80. The predicted octanol–water partition coefficient (Wildman–Crippen LogP) is -2.54. The molecular weight excluding hydrogens is 288 g/mol. The van der Waals surface area contributed by atoms with Crippen molar-refractivity contribution in [3.63, 3.8) is 0 Å². The Morgan fingerprint density at radius 2 is 1.94 bits per heavy atom. The van der Waals surface area contributed by atoms with Crippen LogP contribution < -0.4 is 0 Å². The molecule has 1 heterocycles. The van der Waals surface area contributed by atoms with Crippen molar-refractivity contribution in [1.29, 1.82) is 0 Å². The fraction of sp³-hybridized carbons (Fsp3) is 0.875. The lowest BCUT2D eigenvalue weighted by Crippen LogP contribution is -2.72. The number of hydrogen-bond donors (Lipinski definition) is 5. The van der Waals surface area contributed by atoms with Gasteiger partial charge in [0.25, 0.3) is 5.79 Å². The maximum atomic E-state index is 11.2. The first-order valence-electron chi connectivity index (χ1n) is 4.48. The average molecular weight is 301 g/mol. The van der Waals surface area contributed by atoms with Crippen LogP contribution in [-0.2, 0) is 9.53 Å². The molecule has 1 fully saturated rings. The maximum Gasteiger partial charge on any atom is 0.269 e. The lowest BCUT2D eigenvalue weighted by atomic mass is 9.90. The fourth-order valence-corrected chi connectivity index (χ4v) is 2.12. The van der Waals surface area contributed by atoms with Gasteiger partial charge in [0.05, 0.1) is 6.61 Å². The van der Waals surface area contributed by atoms with E-state index in [1.165, 1.54) is 0 Å². The van der Waals surface area contributed by atoms with Gasteiger partial charge in [-0.1, -0.05) is 0 Å². The van der Waals surface area contributed by atoms with Gasteiger partial charge in [-0.05, 0) is 15.9 Å². The summed E-state index contributed by atoms with van der Waals surface area (Å²) in [6.07, 6.45) is -4.91. The van der Waals surface area contributed by atoms with Crippen LogP contribution in [0.4, 0.5) is 0 Å². The third-order valence-electron chi connectivity index (χ3n) is 2.55. The molecule has 5 N–H and O–H groups in total. The molecule has 0 saturated carbocycles. The zero-order chi connectivity index (χ0) is 12.7. The van der Waals surface area contributed by atoms with Gasteiger partial charge >= 0.3 is 0 Å². The van der Waals surface area contributed by atoms with Crippen LogP contribution in [0.3, 0.4) is 0 Å². The van der Waals surface area contributed by atoms with Crippen molar-refractivity contribution in [2.75, 3.05) is 6.61 Å². The number of halogens is 1. The molecule has 0 radical (unpaired) electrons. The van der Waals surface area contributed by atoms with Crippen LogP contribution >= 0.6 is 15.9 Å². The molecule has 0 aliphatic carbocycles. The van der Waals surface area contributed by atoms with E-state index in [-0.39, 0.29) is 0 Å². The van der Waals surface area contributed by atoms with Crippen molar-refractivity contribution in [3.8, 4) is 0 Å². The van der Waals surface area contributed by atoms with E-state index in [1.54, 1.807) is 0 Å². The Morgan fingerprint density at radius 1 is 1.44 bits per heavy atom. The summed E-state index contributed by atoms with van der Waals surface area (Å²) in [5.74, 6) is -3.71. The maximum absolute atomic E-state index is 11.2. The number of ketones is 1. The number of alkyl halides is 1. The first-order valence-corrected chi connectivity index (χ1v) is 5.27. The molecular formula is C8H13BrO7. The van der Waals surface area contributed by atoms with Gasteiger partial charge in [0.1, 0.15) is 18.3 Å². The van der Waals surface area contributed by atoms with E-state index in [2.05, 4.69) is 15.9 Å². The van der Waals surface area contributed by atoms with E-state index >= 15 is 0 Å². The summed E-state index contributed by atoms with van der Waals surface area (Å²) >= 11 is 2.55. The van der Waals surface area contributed by atoms with Crippen molar-refractivity contribution in [1.82, 2.24) is 0 Å². The second kappa shape index (κ2) is 4.30. The molecule has 8 heteroatoms. The molecule has 0 spiro atoms.